The predicted molar refractivity (Wildman–Crippen MR) is 81.9 cm³/mol. The first kappa shape index (κ1) is 12.6. The first-order valence-electron chi connectivity index (χ1n) is 6.26. The van der Waals surface area contributed by atoms with Gasteiger partial charge < -0.3 is 9.55 Å². The number of nitrogens with zero attached hydrogens (tertiary/aromatic N) is 1. The van der Waals surface area contributed by atoms with Crippen LogP contribution in [0, 0.1) is 14.2 Å². The van der Waals surface area contributed by atoms with Gasteiger partial charge in [-0.3, -0.25) is 0 Å². The predicted octanol–water partition coefficient (Wildman–Crippen LogP) is 4.95. The lowest BCUT2D eigenvalue weighted by Crippen LogP contribution is -2.12. The molecular weight excluding hydrogens is 362 g/mol. The third-order valence-electron chi connectivity index (χ3n) is 3.70. The molecule has 96 valence electrons. The summed E-state index contributed by atoms with van der Waals surface area (Å²) in [7, 11) is 0. The van der Waals surface area contributed by atoms with Gasteiger partial charge in [0.25, 0.3) is 0 Å². The number of aromatic amines is 1. The maximum Gasteiger partial charge on any atom is 0.178 e. The molecular formula is C13H14FIN2S. The Morgan fingerprint density at radius 1 is 1.28 bits per heavy atom. The molecule has 0 aliphatic heterocycles. The van der Waals surface area contributed by atoms with Gasteiger partial charge in [-0.05, 0) is 53.7 Å². The van der Waals surface area contributed by atoms with E-state index < -0.39 is 0 Å². The Morgan fingerprint density at radius 2 is 2.00 bits per heavy atom. The fraction of sp³-hybridized carbons (Fsp3) is 0.462. The van der Waals surface area contributed by atoms with Crippen molar-refractivity contribution in [1.82, 2.24) is 9.55 Å². The summed E-state index contributed by atoms with van der Waals surface area (Å²) >= 11 is 7.41. The standard InChI is InChI=1S/C13H14FIN2S/c14-9-6-12-11(7-10(9)15)16-13(18)17(12)8-4-2-1-3-5-8/h6-8H,1-5H2,(H,16,18). The van der Waals surface area contributed by atoms with Crippen LogP contribution in [0.3, 0.4) is 0 Å². The van der Waals surface area contributed by atoms with E-state index in [0.29, 0.717) is 9.61 Å². The van der Waals surface area contributed by atoms with Crippen LogP contribution in [0.25, 0.3) is 11.0 Å². The molecule has 1 saturated carbocycles. The molecule has 0 spiro atoms. The van der Waals surface area contributed by atoms with E-state index >= 15 is 0 Å². The van der Waals surface area contributed by atoms with Gasteiger partial charge in [-0.1, -0.05) is 19.3 Å². The summed E-state index contributed by atoms with van der Waals surface area (Å²) in [6.45, 7) is 0. The van der Waals surface area contributed by atoms with Crippen LogP contribution in [0.2, 0.25) is 0 Å². The SMILES string of the molecule is Fc1cc2c(cc1I)[nH]c(=S)n2C1CCCCC1. The van der Waals surface area contributed by atoms with Crippen molar-refractivity contribution in [3.05, 3.63) is 26.3 Å². The van der Waals surface area contributed by atoms with E-state index in [9.17, 15) is 4.39 Å². The van der Waals surface area contributed by atoms with E-state index in [4.69, 9.17) is 12.2 Å². The third-order valence-corrected chi connectivity index (χ3v) is 4.82. The average molecular weight is 376 g/mol. The van der Waals surface area contributed by atoms with Crippen molar-refractivity contribution >= 4 is 45.8 Å². The Kier molecular flexibility index (Phi) is 3.44. The van der Waals surface area contributed by atoms with Crippen LogP contribution < -0.4 is 0 Å². The summed E-state index contributed by atoms with van der Waals surface area (Å²) in [4.78, 5) is 3.20. The van der Waals surface area contributed by atoms with Crippen LogP contribution in [0.4, 0.5) is 4.39 Å². The van der Waals surface area contributed by atoms with Crippen LogP contribution in [-0.4, -0.2) is 9.55 Å². The molecule has 1 aliphatic carbocycles. The van der Waals surface area contributed by atoms with Crippen LogP contribution in [0.1, 0.15) is 38.1 Å². The lowest BCUT2D eigenvalue weighted by Gasteiger charge is -2.23. The van der Waals surface area contributed by atoms with Crippen molar-refractivity contribution in [3.8, 4) is 0 Å². The lowest BCUT2D eigenvalue weighted by atomic mass is 9.95. The number of imidazole rings is 1. The molecule has 1 aliphatic rings. The van der Waals surface area contributed by atoms with Gasteiger partial charge in [0.1, 0.15) is 5.82 Å². The first-order chi connectivity index (χ1) is 8.66. The molecule has 0 bridgehead atoms. The molecule has 0 unspecified atom stereocenters. The number of hydrogen-bond donors (Lipinski definition) is 1. The Bertz CT molecular complexity index is 640. The highest BCUT2D eigenvalue weighted by Crippen LogP contribution is 2.32. The van der Waals surface area contributed by atoms with E-state index in [-0.39, 0.29) is 5.82 Å². The van der Waals surface area contributed by atoms with Gasteiger partial charge >= 0.3 is 0 Å². The molecule has 1 heterocycles. The zero-order valence-corrected chi connectivity index (χ0v) is 12.9. The van der Waals surface area contributed by atoms with Crippen LogP contribution in [0.5, 0.6) is 0 Å². The molecule has 1 fully saturated rings. The number of fused-ring (bicyclic) bond motifs is 1. The van der Waals surface area contributed by atoms with Crippen LogP contribution in [0.15, 0.2) is 12.1 Å². The Morgan fingerprint density at radius 3 is 2.72 bits per heavy atom. The molecule has 0 amide bonds. The molecule has 18 heavy (non-hydrogen) atoms. The molecule has 3 rings (SSSR count). The fourth-order valence-corrected chi connectivity index (χ4v) is 3.65. The summed E-state index contributed by atoms with van der Waals surface area (Å²) in [6.07, 6.45) is 6.08. The number of aromatic nitrogens is 2. The van der Waals surface area contributed by atoms with Gasteiger partial charge in [-0.2, -0.15) is 0 Å². The summed E-state index contributed by atoms with van der Waals surface area (Å²) in [5.74, 6) is -0.165. The minimum absolute atomic E-state index is 0.165. The van der Waals surface area contributed by atoms with Crippen LogP contribution in [-0.2, 0) is 0 Å². The van der Waals surface area contributed by atoms with Gasteiger partial charge in [0.2, 0.25) is 0 Å². The molecule has 0 radical (unpaired) electrons. The minimum Gasteiger partial charge on any atom is -0.331 e. The lowest BCUT2D eigenvalue weighted by molar-refractivity contribution is 0.357. The highest BCUT2D eigenvalue weighted by molar-refractivity contribution is 14.1. The molecule has 1 aromatic heterocycles. The second kappa shape index (κ2) is 4.92. The topological polar surface area (TPSA) is 20.7 Å². The Labute approximate surface area is 124 Å². The van der Waals surface area contributed by atoms with E-state index in [0.717, 1.165) is 28.6 Å². The highest BCUT2D eigenvalue weighted by Gasteiger charge is 2.19. The van der Waals surface area contributed by atoms with Crippen molar-refractivity contribution in [2.75, 3.05) is 0 Å². The summed E-state index contributed by atoms with van der Waals surface area (Å²) < 4.78 is 17.2. The molecule has 1 N–H and O–H groups in total. The molecule has 5 heteroatoms. The zero-order valence-electron chi connectivity index (χ0n) is 9.88. The van der Waals surface area contributed by atoms with Crippen molar-refractivity contribution in [2.45, 2.75) is 38.1 Å². The quantitative estimate of drug-likeness (QED) is 0.552. The molecule has 2 aromatic rings. The third kappa shape index (κ3) is 2.11. The molecule has 1 aromatic carbocycles. The molecule has 0 saturated heterocycles. The fourth-order valence-electron chi connectivity index (χ4n) is 2.82. The van der Waals surface area contributed by atoms with Gasteiger partial charge in [-0.15, -0.1) is 0 Å². The number of benzene rings is 1. The number of rotatable bonds is 1. The van der Waals surface area contributed by atoms with Crippen LogP contribution >= 0.6 is 34.8 Å². The summed E-state index contributed by atoms with van der Waals surface area (Å²) in [6, 6.07) is 3.87. The minimum atomic E-state index is -0.165. The monoisotopic (exact) mass is 376 g/mol. The van der Waals surface area contributed by atoms with Crippen molar-refractivity contribution in [1.29, 1.82) is 0 Å². The Hall–Kier alpha value is -0.430. The average Bonchev–Trinajstić information content (AvgIpc) is 2.66. The van der Waals surface area contributed by atoms with Crippen molar-refractivity contribution in [3.63, 3.8) is 0 Å². The van der Waals surface area contributed by atoms with Crippen molar-refractivity contribution < 1.29 is 4.39 Å². The Balaban J connectivity index is 2.18. The van der Waals surface area contributed by atoms with Gasteiger partial charge in [-0.25, -0.2) is 4.39 Å². The number of hydrogen-bond acceptors (Lipinski definition) is 1. The highest BCUT2D eigenvalue weighted by atomic mass is 127. The summed E-state index contributed by atoms with van der Waals surface area (Å²) in [5.41, 5.74) is 1.85. The normalized spacial score (nSPS) is 17.4. The second-order valence-corrected chi connectivity index (χ2v) is 6.42. The van der Waals surface area contributed by atoms with E-state index in [1.807, 2.05) is 28.7 Å². The first-order valence-corrected chi connectivity index (χ1v) is 7.75. The van der Waals surface area contributed by atoms with Gasteiger partial charge in [0, 0.05) is 12.1 Å². The summed E-state index contributed by atoms with van der Waals surface area (Å²) in [5, 5.41) is 0. The zero-order chi connectivity index (χ0) is 12.7. The maximum absolute atomic E-state index is 13.7. The second-order valence-electron chi connectivity index (χ2n) is 4.88. The number of halogens is 2. The van der Waals surface area contributed by atoms with Crippen molar-refractivity contribution in [2.24, 2.45) is 0 Å². The molecule has 0 atom stereocenters. The number of H-pyrrole nitrogens is 1. The molecule has 2 nitrogen and oxygen atoms in total. The van der Waals surface area contributed by atoms with Gasteiger partial charge in [0.15, 0.2) is 4.77 Å². The van der Waals surface area contributed by atoms with E-state index in [2.05, 4.69) is 9.55 Å². The smallest absolute Gasteiger partial charge is 0.178 e. The van der Waals surface area contributed by atoms with E-state index in [1.54, 1.807) is 6.07 Å². The van der Waals surface area contributed by atoms with Gasteiger partial charge in [0.05, 0.1) is 14.6 Å². The largest absolute Gasteiger partial charge is 0.331 e. The maximum atomic E-state index is 13.7. The van der Waals surface area contributed by atoms with E-state index in [1.165, 1.54) is 19.3 Å². The number of nitrogens with one attached hydrogen (secondary N) is 1.